The molecule has 0 amide bonds. The van der Waals surface area contributed by atoms with Crippen LogP contribution in [-0.4, -0.2) is 34.1 Å². The zero-order chi connectivity index (χ0) is 23.5. The van der Waals surface area contributed by atoms with Gasteiger partial charge in [0.1, 0.15) is 18.1 Å². The average molecular weight is 447 g/mol. The number of esters is 1. The van der Waals surface area contributed by atoms with Gasteiger partial charge >= 0.3 is 5.97 Å². The molecule has 0 aliphatic heterocycles. The van der Waals surface area contributed by atoms with E-state index in [9.17, 15) is 14.7 Å². The van der Waals surface area contributed by atoms with Crippen molar-refractivity contribution >= 4 is 34.1 Å². The van der Waals surface area contributed by atoms with Gasteiger partial charge in [-0.25, -0.2) is 4.79 Å². The summed E-state index contributed by atoms with van der Waals surface area (Å²) in [6.07, 6.45) is -0.201. The number of aryl methyl sites for hydroxylation is 1. The summed E-state index contributed by atoms with van der Waals surface area (Å²) in [6, 6.07) is 16.8. The highest BCUT2D eigenvalue weighted by molar-refractivity contribution is 6.11. The molecule has 0 spiro atoms. The van der Waals surface area contributed by atoms with Crippen molar-refractivity contribution in [2.24, 2.45) is 11.5 Å². The molecule has 0 aliphatic rings. The van der Waals surface area contributed by atoms with Crippen LogP contribution in [0.1, 0.15) is 22.8 Å². The number of hydrogen-bond acceptors (Lipinski definition) is 7. The zero-order valence-electron chi connectivity index (χ0n) is 18.2. The molecule has 2 atom stereocenters. The van der Waals surface area contributed by atoms with E-state index in [1.165, 1.54) is 6.07 Å². The van der Waals surface area contributed by atoms with Crippen LogP contribution < -0.4 is 21.5 Å². The molecule has 6 N–H and O–H groups in total. The van der Waals surface area contributed by atoms with Gasteiger partial charge in [0.2, 0.25) is 0 Å². The number of ether oxygens (including phenoxy) is 1. The molecule has 4 rings (SSSR count). The van der Waals surface area contributed by atoms with Gasteiger partial charge in [-0.15, -0.1) is 0 Å². The summed E-state index contributed by atoms with van der Waals surface area (Å²) < 4.78 is 7.72. The lowest BCUT2D eigenvalue weighted by molar-refractivity contribution is -0.136. The largest absolute Gasteiger partial charge is 0.508 e. The Morgan fingerprint density at radius 1 is 1.12 bits per heavy atom. The van der Waals surface area contributed by atoms with E-state index in [-0.39, 0.29) is 18.0 Å². The number of aromatic nitrogens is 1. The fraction of sp³-hybridized carbons (Fsp3) is 0.200. The maximum Gasteiger partial charge on any atom is 0.331 e. The van der Waals surface area contributed by atoms with E-state index in [0.717, 1.165) is 16.3 Å². The Balaban J connectivity index is 1.61. The van der Waals surface area contributed by atoms with E-state index in [2.05, 4.69) is 5.32 Å². The molecule has 0 bridgehead atoms. The number of nitrogens with two attached hydrogens (primary N) is 2. The number of rotatable bonds is 8. The first-order chi connectivity index (χ1) is 15.9. The van der Waals surface area contributed by atoms with Crippen molar-refractivity contribution < 1.29 is 19.4 Å². The molecule has 0 radical (unpaired) electrons. The molecule has 1 heterocycles. The summed E-state index contributed by atoms with van der Waals surface area (Å²) in [5.41, 5.74) is 14.8. The van der Waals surface area contributed by atoms with E-state index in [1.807, 2.05) is 35.8 Å². The Morgan fingerprint density at radius 3 is 2.58 bits per heavy atom. The molecule has 8 heteroatoms. The topological polar surface area (TPSA) is 133 Å². The Hall–Kier alpha value is -3.72. The lowest BCUT2D eigenvalue weighted by Crippen LogP contribution is -2.56. The van der Waals surface area contributed by atoms with Crippen LogP contribution in [0.4, 0.5) is 0 Å². The second-order valence-electron chi connectivity index (χ2n) is 7.78. The molecule has 0 saturated carbocycles. The molecule has 0 aliphatic carbocycles. The van der Waals surface area contributed by atoms with Crippen LogP contribution in [0.25, 0.3) is 21.8 Å². The Bertz CT molecular complexity index is 1330. The summed E-state index contributed by atoms with van der Waals surface area (Å²) >= 11 is 0. The Kier molecular flexibility index (Phi) is 6.41. The molecule has 4 aromatic rings. The smallest absolute Gasteiger partial charge is 0.331 e. The van der Waals surface area contributed by atoms with E-state index < -0.39 is 18.2 Å². The van der Waals surface area contributed by atoms with Crippen LogP contribution in [0.2, 0.25) is 0 Å². The van der Waals surface area contributed by atoms with Crippen LogP contribution in [0, 0.1) is 0 Å². The number of phenolic OH excluding ortho intramolecular Hbond substituents is 1. The number of hydrogen-bond donors (Lipinski definition) is 4. The first-order valence-corrected chi connectivity index (χ1v) is 10.7. The number of nitrogens with one attached hydrogen (secondary N) is 1. The van der Waals surface area contributed by atoms with Gasteiger partial charge in [-0.3, -0.25) is 10.1 Å². The number of fused-ring (bicyclic) bond motifs is 3. The van der Waals surface area contributed by atoms with Crippen molar-refractivity contribution in [1.29, 1.82) is 0 Å². The lowest BCUT2D eigenvalue weighted by Gasteiger charge is -2.20. The second-order valence-corrected chi connectivity index (χ2v) is 7.78. The number of carbonyl (C=O) groups is 2. The molecule has 8 nitrogen and oxygen atoms in total. The van der Waals surface area contributed by atoms with Gasteiger partial charge in [0, 0.05) is 40.5 Å². The van der Waals surface area contributed by atoms with E-state index in [0.29, 0.717) is 29.5 Å². The van der Waals surface area contributed by atoms with Crippen molar-refractivity contribution in [2.45, 2.75) is 32.2 Å². The summed E-state index contributed by atoms with van der Waals surface area (Å²) in [7, 11) is 0. The minimum absolute atomic E-state index is 0.119. The Labute approximate surface area is 190 Å². The molecule has 2 unspecified atom stereocenters. The van der Waals surface area contributed by atoms with Gasteiger partial charge in [-0.1, -0.05) is 36.4 Å². The van der Waals surface area contributed by atoms with Gasteiger partial charge in [-0.05, 0) is 31.2 Å². The van der Waals surface area contributed by atoms with Gasteiger partial charge in [0.05, 0.1) is 11.7 Å². The molecule has 1 aromatic heterocycles. The van der Waals surface area contributed by atoms with Crippen molar-refractivity contribution in [1.82, 2.24) is 9.88 Å². The molecule has 3 aromatic carbocycles. The summed E-state index contributed by atoms with van der Waals surface area (Å²) in [5, 5.41) is 14.6. The summed E-state index contributed by atoms with van der Waals surface area (Å²) in [4.78, 5) is 24.4. The number of aromatic hydroxyl groups is 1. The number of benzene rings is 3. The van der Waals surface area contributed by atoms with Gasteiger partial charge < -0.3 is 25.9 Å². The van der Waals surface area contributed by atoms with Crippen LogP contribution in [0.5, 0.6) is 11.5 Å². The highest BCUT2D eigenvalue weighted by atomic mass is 16.5. The first-order valence-electron chi connectivity index (χ1n) is 10.7. The third-order valence-electron chi connectivity index (χ3n) is 5.69. The third-order valence-corrected chi connectivity index (χ3v) is 5.69. The van der Waals surface area contributed by atoms with Gasteiger partial charge in [0.15, 0.2) is 5.75 Å². The number of para-hydroxylation sites is 2. The summed E-state index contributed by atoms with van der Waals surface area (Å²) in [5.74, 6) is -0.362. The zero-order valence-corrected chi connectivity index (χ0v) is 18.2. The standard InChI is InChI=1S/C25H26N4O4/c1-2-29-19-9-5-4-8-17(19)18-11-15(14-30)12-21(23(18)29)33-25(32)22(26)24(27)28-13-16-7-3-6-10-20(16)31/h3-12,14,22,24,28,31H,2,13,26-27H2,1H3. The monoisotopic (exact) mass is 446 g/mol. The summed E-state index contributed by atoms with van der Waals surface area (Å²) in [6.45, 7) is 2.86. The van der Waals surface area contributed by atoms with Crippen molar-refractivity contribution in [2.75, 3.05) is 0 Å². The van der Waals surface area contributed by atoms with Gasteiger partial charge in [0.25, 0.3) is 0 Å². The average Bonchev–Trinajstić information content (AvgIpc) is 3.16. The van der Waals surface area contributed by atoms with Crippen LogP contribution in [0.3, 0.4) is 0 Å². The second kappa shape index (κ2) is 9.41. The molecule has 170 valence electrons. The van der Waals surface area contributed by atoms with Crippen LogP contribution in [0.15, 0.2) is 60.7 Å². The predicted octanol–water partition coefficient (Wildman–Crippen LogP) is 2.64. The third kappa shape index (κ3) is 4.31. The van der Waals surface area contributed by atoms with Crippen LogP contribution in [-0.2, 0) is 17.9 Å². The van der Waals surface area contributed by atoms with Crippen molar-refractivity contribution in [3.63, 3.8) is 0 Å². The number of nitrogens with zero attached hydrogens (tertiary/aromatic N) is 1. The predicted molar refractivity (Wildman–Crippen MR) is 127 cm³/mol. The Morgan fingerprint density at radius 2 is 1.85 bits per heavy atom. The maximum atomic E-state index is 12.9. The molecular formula is C25H26N4O4. The van der Waals surface area contributed by atoms with Crippen molar-refractivity contribution in [3.05, 3.63) is 71.8 Å². The van der Waals surface area contributed by atoms with E-state index in [4.69, 9.17) is 16.2 Å². The van der Waals surface area contributed by atoms with E-state index in [1.54, 1.807) is 30.3 Å². The highest BCUT2D eigenvalue weighted by Crippen LogP contribution is 2.36. The highest BCUT2D eigenvalue weighted by Gasteiger charge is 2.25. The SMILES string of the molecule is CCn1c2ccccc2c2cc(C=O)cc(OC(=O)C(N)C(N)NCc3ccccc3O)c21. The molecule has 33 heavy (non-hydrogen) atoms. The molecule has 0 fully saturated rings. The fourth-order valence-electron chi connectivity index (χ4n) is 3.98. The van der Waals surface area contributed by atoms with Crippen LogP contribution >= 0.6 is 0 Å². The maximum absolute atomic E-state index is 12.9. The lowest BCUT2D eigenvalue weighted by atomic mass is 10.1. The van der Waals surface area contributed by atoms with Gasteiger partial charge in [-0.2, -0.15) is 0 Å². The minimum atomic E-state index is -1.18. The molecular weight excluding hydrogens is 420 g/mol. The van der Waals surface area contributed by atoms with Crippen molar-refractivity contribution in [3.8, 4) is 11.5 Å². The molecule has 0 saturated heterocycles. The van der Waals surface area contributed by atoms with E-state index >= 15 is 0 Å². The fourth-order valence-corrected chi connectivity index (χ4v) is 3.98. The minimum Gasteiger partial charge on any atom is -0.508 e. The number of carbonyl (C=O) groups excluding carboxylic acids is 2. The first kappa shape index (κ1) is 22.5. The number of aldehydes is 1. The quantitative estimate of drug-likeness (QED) is 0.142. The normalized spacial score (nSPS) is 13.2. The number of phenols is 1.